The van der Waals surface area contributed by atoms with Gasteiger partial charge in [-0.25, -0.2) is 0 Å². The second kappa shape index (κ2) is 5.85. The van der Waals surface area contributed by atoms with Gasteiger partial charge in [-0.1, -0.05) is 60.7 Å². The molecule has 21 heavy (non-hydrogen) atoms. The number of benzene rings is 2. The third kappa shape index (κ3) is 2.83. The molecule has 2 aromatic rings. The first-order valence-electron chi connectivity index (χ1n) is 6.54. The molecule has 104 valence electrons. The van der Waals surface area contributed by atoms with Gasteiger partial charge in [-0.15, -0.1) is 0 Å². The minimum atomic E-state index is -0.466. The van der Waals surface area contributed by atoms with Crippen LogP contribution in [0.2, 0.25) is 0 Å². The van der Waals surface area contributed by atoms with Crippen molar-refractivity contribution >= 4 is 29.5 Å². The van der Waals surface area contributed by atoms with Crippen LogP contribution in [0.15, 0.2) is 65.8 Å². The van der Waals surface area contributed by atoms with Crippen LogP contribution in [-0.4, -0.2) is 22.2 Å². The summed E-state index contributed by atoms with van der Waals surface area (Å²) in [7, 11) is 0. The summed E-state index contributed by atoms with van der Waals surface area (Å²) in [4.78, 5) is 12.4. The first-order valence-corrected chi connectivity index (χ1v) is 6.95. The SMILES string of the molecule is O=C1C(c2ccccc2)NC(=S)N1N=Cc1ccccc1. The van der Waals surface area contributed by atoms with Gasteiger partial charge in [0.05, 0.1) is 6.21 Å². The van der Waals surface area contributed by atoms with Crippen molar-refractivity contribution in [1.82, 2.24) is 10.3 Å². The fourth-order valence-electron chi connectivity index (χ4n) is 2.11. The van der Waals surface area contributed by atoms with Gasteiger partial charge in [0.2, 0.25) is 0 Å². The average molecular weight is 295 g/mol. The molecular weight excluding hydrogens is 282 g/mol. The van der Waals surface area contributed by atoms with Gasteiger partial charge in [-0.3, -0.25) is 4.79 Å². The molecule has 0 bridgehead atoms. The normalized spacial score (nSPS) is 18.3. The van der Waals surface area contributed by atoms with Gasteiger partial charge in [-0.2, -0.15) is 10.1 Å². The van der Waals surface area contributed by atoms with Crippen LogP contribution in [0.5, 0.6) is 0 Å². The van der Waals surface area contributed by atoms with E-state index in [1.54, 1.807) is 6.21 Å². The lowest BCUT2D eigenvalue weighted by molar-refractivity contribution is -0.127. The van der Waals surface area contributed by atoms with E-state index in [0.717, 1.165) is 11.1 Å². The molecule has 1 amide bonds. The minimum Gasteiger partial charge on any atom is -0.345 e. The Bertz CT molecular complexity index is 685. The zero-order chi connectivity index (χ0) is 14.7. The number of rotatable bonds is 3. The van der Waals surface area contributed by atoms with E-state index in [1.165, 1.54) is 5.01 Å². The molecule has 0 spiro atoms. The van der Waals surface area contributed by atoms with Gasteiger partial charge < -0.3 is 5.32 Å². The van der Waals surface area contributed by atoms with Gasteiger partial charge in [0.25, 0.3) is 5.91 Å². The van der Waals surface area contributed by atoms with Crippen molar-refractivity contribution in [2.24, 2.45) is 5.10 Å². The Hall–Kier alpha value is -2.53. The Morgan fingerprint density at radius 2 is 1.67 bits per heavy atom. The standard InChI is InChI=1S/C16H13N3OS/c20-15-14(13-9-5-2-6-10-13)18-16(21)19(15)17-11-12-7-3-1-4-8-12/h1-11,14H,(H,18,21). The van der Waals surface area contributed by atoms with Crippen molar-refractivity contribution in [2.45, 2.75) is 6.04 Å². The van der Waals surface area contributed by atoms with Crippen LogP contribution in [0.3, 0.4) is 0 Å². The molecule has 1 fully saturated rings. The highest BCUT2D eigenvalue weighted by Crippen LogP contribution is 2.21. The summed E-state index contributed by atoms with van der Waals surface area (Å²) in [6.45, 7) is 0. The predicted octanol–water partition coefficient (Wildman–Crippen LogP) is 2.48. The number of carbonyl (C=O) groups is 1. The number of hydrogen-bond donors (Lipinski definition) is 1. The molecule has 1 unspecified atom stereocenters. The molecule has 3 rings (SSSR count). The first-order chi connectivity index (χ1) is 10.3. The lowest BCUT2D eigenvalue weighted by Gasteiger charge is -2.08. The van der Waals surface area contributed by atoms with Crippen molar-refractivity contribution in [1.29, 1.82) is 0 Å². The summed E-state index contributed by atoms with van der Waals surface area (Å²) in [5.41, 5.74) is 1.79. The van der Waals surface area contributed by atoms with E-state index >= 15 is 0 Å². The fraction of sp³-hybridized carbons (Fsp3) is 0.0625. The van der Waals surface area contributed by atoms with Crippen LogP contribution in [-0.2, 0) is 4.79 Å². The van der Waals surface area contributed by atoms with Gasteiger partial charge in [0, 0.05) is 0 Å². The smallest absolute Gasteiger partial charge is 0.276 e. The topological polar surface area (TPSA) is 44.7 Å². The Kier molecular flexibility index (Phi) is 3.75. The average Bonchev–Trinajstić information content (AvgIpc) is 2.82. The minimum absolute atomic E-state index is 0.168. The molecule has 4 nitrogen and oxygen atoms in total. The van der Waals surface area contributed by atoms with Crippen molar-refractivity contribution < 1.29 is 4.79 Å². The third-order valence-corrected chi connectivity index (χ3v) is 3.46. The molecule has 1 aliphatic rings. The van der Waals surface area contributed by atoms with Gasteiger partial charge in [-0.05, 0) is 23.3 Å². The van der Waals surface area contributed by atoms with Crippen LogP contribution in [0.1, 0.15) is 17.2 Å². The molecule has 0 aliphatic carbocycles. The largest absolute Gasteiger partial charge is 0.345 e. The molecule has 0 radical (unpaired) electrons. The lowest BCUT2D eigenvalue weighted by Crippen LogP contribution is -2.25. The Labute approximate surface area is 128 Å². The number of carbonyl (C=O) groups excluding carboxylic acids is 1. The molecule has 1 atom stereocenters. The van der Waals surface area contributed by atoms with E-state index in [0.29, 0.717) is 5.11 Å². The van der Waals surface area contributed by atoms with Crippen LogP contribution >= 0.6 is 12.2 Å². The van der Waals surface area contributed by atoms with Gasteiger partial charge in [0.1, 0.15) is 6.04 Å². The third-order valence-electron chi connectivity index (χ3n) is 3.17. The number of nitrogens with zero attached hydrogens (tertiary/aromatic N) is 2. The van der Waals surface area contributed by atoms with Crippen molar-refractivity contribution in [3.05, 3.63) is 71.8 Å². The van der Waals surface area contributed by atoms with Crippen molar-refractivity contribution in [3.63, 3.8) is 0 Å². The Balaban J connectivity index is 1.80. The fourth-order valence-corrected chi connectivity index (χ4v) is 2.37. The van der Waals surface area contributed by atoms with E-state index in [2.05, 4.69) is 10.4 Å². The second-order valence-corrected chi connectivity index (χ2v) is 4.99. The zero-order valence-corrected chi connectivity index (χ0v) is 12.0. The van der Waals surface area contributed by atoms with Crippen LogP contribution in [0, 0.1) is 0 Å². The van der Waals surface area contributed by atoms with Crippen LogP contribution in [0.25, 0.3) is 0 Å². The molecule has 2 aromatic carbocycles. The maximum Gasteiger partial charge on any atom is 0.276 e. The Morgan fingerprint density at radius 3 is 2.33 bits per heavy atom. The molecular formula is C16H13N3OS. The second-order valence-electron chi connectivity index (χ2n) is 4.60. The molecule has 5 heteroatoms. The van der Waals surface area contributed by atoms with E-state index in [4.69, 9.17) is 12.2 Å². The summed E-state index contributed by atoms with van der Waals surface area (Å²) >= 11 is 5.19. The van der Waals surface area contributed by atoms with E-state index in [9.17, 15) is 4.79 Å². The molecule has 0 aromatic heterocycles. The summed E-state index contributed by atoms with van der Waals surface area (Å²) < 4.78 is 0. The summed E-state index contributed by atoms with van der Waals surface area (Å²) in [5, 5.41) is 8.74. The number of thiocarbonyl (C=S) groups is 1. The summed E-state index contributed by atoms with van der Waals surface area (Å²) in [6.07, 6.45) is 1.62. The lowest BCUT2D eigenvalue weighted by atomic mass is 10.1. The highest BCUT2D eigenvalue weighted by molar-refractivity contribution is 7.80. The number of amides is 1. The molecule has 1 heterocycles. The maximum atomic E-state index is 12.4. The van der Waals surface area contributed by atoms with Gasteiger partial charge >= 0.3 is 0 Å². The number of hydrazone groups is 1. The predicted molar refractivity (Wildman–Crippen MR) is 85.8 cm³/mol. The summed E-state index contributed by atoms with van der Waals surface area (Å²) in [6, 6.07) is 18.6. The highest BCUT2D eigenvalue weighted by atomic mass is 32.1. The molecule has 1 saturated heterocycles. The number of nitrogens with one attached hydrogen (secondary N) is 1. The van der Waals surface area contributed by atoms with Crippen molar-refractivity contribution in [3.8, 4) is 0 Å². The number of hydrogen-bond acceptors (Lipinski definition) is 3. The Morgan fingerprint density at radius 1 is 1.05 bits per heavy atom. The molecule has 1 aliphatic heterocycles. The zero-order valence-electron chi connectivity index (χ0n) is 11.1. The van der Waals surface area contributed by atoms with Gasteiger partial charge in [0.15, 0.2) is 5.11 Å². The van der Waals surface area contributed by atoms with Crippen LogP contribution in [0.4, 0.5) is 0 Å². The van der Waals surface area contributed by atoms with E-state index in [1.807, 2.05) is 60.7 Å². The summed E-state index contributed by atoms with van der Waals surface area (Å²) in [5.74, 6) is -0.168. The van der Waals surface area contributed by atoms with E-state index in [-0.39, 0.29) is 5.91 Å². The quantitative estimate of drug-likeness (QED) is 0.699. The van der Waals surface area contributed by atoms with Crippen LogP contribution < -0.4 is 5.32 Å². The molecule has 0 saturated carbocycles. The van der Waals surface area contributed by atoms with Crippen molar-refractivity contribution in [2.75, 3.05) is 0 Å². The first kappa shape index (κ1) is 13.5. The molecule has 1 N–H and O–H groups in total. The maximum absolute atomic E-state index is 12.4. The monoisotopic (exact) mass is 295 g/mol. The highest BCUT2D eigenvalue weighted by Gasteiger charge is 2.36. The van der Waals surface area contributed by atoms with E-state index < -0.39 is 6.04 Å².